The van der Waals surface area contributed by atoms with Crippen molar-refractivity contribution in [1.82, 2.24) is 19.5 Å². The van der Waals surface area contributed by atoms with E-state index in [2.05, 4.69) is 78.9 Å². The minimum Gasteiger partial charge on any atom is -0.369 e. The van der Waals surface area contributed by atoms with Crippen molar-refractivity contribution in [2.45, 2.75) is 0 Å². The van der Waals surface area contributed by atoms with Crippen LogP contribution in [0.4, 0.5) is 5.82 Å². The molecule has 1 N–H and O–H groups in total. The summed E-state index contributed by atoms with van der Waals surface area (Å²) < 4.78 is 1.95. The van der Waals surface area contributed by atoms with Gasteiger partial charge in [0, 0.05) is 30.3 Å². The summed E-state index contributed by atoms with van der Waals surface area (Å²) in [6.45, 7) is 1.73. The smallest absolute Gasteiger partial charge is 0.166 e. The van der Waals surface area contributed by atoms with E-state index in [-0.39, 0.29) is 0 Å². The number of nitrogens with zero attached hydrogens (tertiary/aromatic N) is 4. The fraction of sp³-hybridized carbons (Fsp3) is 0.143. The molecule has 3 aromatic carbocycles. The molecule has 0 fully saturated rings. The topological polar surface area (TPSA) is 45.5 Å². The maximum absolute atomic E-state index is 5.12. The van der Waals surface area contributed by atoms with Gasteiger partial charge in [0.2, 0.25) is 0 Å². The lowest BCUT2D eigenvalue weighted by Crippen LogP contribution is -2.21. The van der Waals surface area contributed by atoms with Crippen LogP contribution in [0.1, 0.15) is 0 Å². The highest BCUT2D eigenvalue weighted by atomic mass is 15.3. The van der Waals surface area contributed by atoms with E-state index >= 15 is 0 Å². The number of nitrogens with one attached hydrogen (secondary N) is 1. The van der Waals surface area contributed by atoms with E-state index in [0.29, 0.717) is 0 Å². The van der Waals surface area contributed by atoms with Gasteiger partial charge in [-0.3, -0.25) is 0 Å². The van der Waals surface area contributed by atoms with Crippen molar-refractivity contribution in [3.8, 4) is 33.6 Å². The van der Waals surface area contributed by atoms with Gasteiger partial charge in [-0.25, -0.2) is 4.98 Å². The molecule has 0 saturated carbocycles. The van der Waals surface area contributed by atoms with Gasteiger partial charge in [-0.15, -0.1) is 0 Å². The van der Waals surface area contributed by atoms with Crippen molar-refractivity contribution in [3.63, 3.8) is 0 Å². The summed E-state index contributed by atoms with van der Waals surface area (Å²) in [5, 5.41) is 8.66. The fourth-order valence-electron chi connectivity index (χ4n) is 3.98. The summed E-state index contributed by atoms with van der Waals surface area (Å²) in [6.07, 6.45) is 0. The van der Waals surface area contributed by atoms with Crippen LogP contribution in [-0.4, -0.2) is 46.7 Å². The Bertz CT molecular complexity index is 1340. The lowest BCUT2D eigenvalue weighted by molar-refractivity contribution is 0.425. The Hall–Kier alpha value is -3.96. The van der Waals surface area contributed by atoms with Crippen LogP contribution in [0.2, 0.25) is 0 Å². The van der Waals surface area contributed by atoms with Gasteiger partial charge in [0.25, 0.3) is 0 Å². The molecule has 5 aromatic rings. The third kappa shape index (κ3) is 4.36. The van der Waals surface area contributed by atoms with Crippen LogP contribution in [0.5, 0.6) is 0 Å². The number of benzene rings is 3. The van der Waals surface area contributed by atoms with E-state index in [1.807, 2.05) is 47.0 Å². The number of rotatable bonds is 7. The van der Waals surface area contributed by atoms with Crippen molar-refractivity contribution < 1.29 is 0 Å². The molecule has 0 saturated heterocycles. The van der Waals surface area contributed by atoms with E-state index in [9.17, 15) is 0 Å². The largest absolute Gasteiger partial charge is 0.369 e. The molecule has 0 aliphatic heterocycles. The van der Waals surface area contributed by atoms with Crippen molar-refractivity contribution in [3.05, 3.63) is 97.1 Å². The van der Waals surface area contributed by atoms with Crippen LogP contribution >= 0.6 is 0 Å². The molecule has 0 aliphatic rings. The molecule has 5 rings (SSSR count). The molecule has 0 radical (unpaired) electrons. The summed E-state index contributed by atoms with van der Waals surface area (Å²) in [7, 11) is 4.16. The summed E-state index contributed by atoms with van der Waals surface area (Å²) in [4.78, 5) is 7.29. The third-order valence-corrected chi connectivity index (χ3v) is 5.63. The zero-order valence-corrected chi connectivity index (χ0v) is 18.9. The van der Waals surface area contributed by atoms with E-state index < -0.39 is 0 Å². The highest BCUT2D eigenvalue weighted by molar-refractivity contribution is 5.91. The lowest BCUT2D eigenvalue weighted by atomic mass is 10.0. The molecule has 2 aromatic heterocycles. The van der Waals surface area contributed by atoms with Crippen molar-refractivity contribution in [2.24, 2.45) is 0 Å². The second kappa shape index (κ2) is 9.27. The number of likely N-dealkylation sites (N-methyl/N-ethyl adjacent to an activating group) is 1. The van der Waals surface area contributed by atoms with Gasteiger partial charge in [-0.1, -0.05) is 91.0 Å². The van der Waals surface area contributed by atoms with Gasteiger partial charge in [0.05, 0.1) is 11.3 Å². The maximum Gasteiger partial charge on any atom is 0.166 e. The molecule has 33 heavy (non-hydrogen) atoms. The summed E-state index contributed by atoms with van der Waals surface area (Å²) >= 11 is 0. The van der Waals surface area contributed by atoms with Crippen molar-refractivity contribution in [2.75, 3.05) is 32.5 Å². The molecule has 0 aliphatic carbocycles. The second-order valence-corrected chi connectivity index (χ2v) is 8.31. The first kappa shape index (κ1) is 20.9. The van der Waals surface area contributed by atoms with Crippen LogP contribution in [0.3, 0.4) is 0 Å². The standard InChI is InChI=1S/C28H27N5/c1-32(2)19-18-29-25-20-24(21-12-6-3-7-13-21)30-28-26(22-14-8-4-9-15-22)27(31-33(25)28)23-16-10-5-11-17-23/h3-17,20,29H,18-19H2,1-2H3. The number of anilines is 1. The monoisotopic (exact) mass is 433 g/mol. The van der Waals surface area contributed by atoms with E-state index in [0.717, 1.165) is 58.2 Å². The summed E-state index contributed by atoms with van der Waals surface area (Å²) in [5.74, 6) is 0.931. The average molecular weight is 434 g/mol. The predicted octanol–water partition coefficient (Wildman–Crippen LogP) is 5.70. The quantitative estimate of drug-likeness (QED) is 0.357. The molecular weight excluding hydrogens is 406 g/mol. The van der Waals surface area contributed by atoms with Gasteiger partial charge in [-0.2, -0.15) is 9.61 Å². The molecule has 0 atom stereocenters. The SMILES string of the molecule is CN(C)CCNc1cc(-c2ccccc2)nc2c(-c3ccccc3)c(-c3ccccc3)nn12. The molecule has 0 amide bonds. The first-order valence-corrected chi connectivity index (χ1v) is 11.2. The summed E-state index contributed by atoms with van der Waals surface area (Å²) in [5.41, 5.74) is 6.98. The number of hydrogen-bond acceptors (Lipinski definition) is 4. The highest BCUT2D eigenvalue weighted by Crippen LogP contribution is 2.36. The Morgan fingerprint density at radius 1 is 0.758 bits per heavy atom. The van der Waals surface area contributed by atoms with E-state index in [1.54, 1.807) is 0 Å². The molecule has 164 valence electrons. The molecule has 5 nitrogen and oxygen atoms in total. The first-order valence-electron chi connectivity index (χ1n) is 11.2. The van der Waals surface area contributed by atoms with Gasteiger partial charge in [0.15, 0.2) is 5.65 Å². The zero-order valence-electron chi connectivity index (χ0n) is 18.9. The minimum absolute atomic E-state index is 0.807. The van der Waals surface area contributed by atoms with Crippen LogP contribution in [0, 0.1) is 0 Å². The molecule has 5 heteroatoms. The van der Waals surface area contributed by atoms with E-state index in [1.165, 1.54) is 0 Å². The molecule has 0 bridgehead atoms. The van der Waals surface area contributed by atoms with Gasteiger partial charge in [0.1, 0.15) is 11.5 Å². The Labute approximate surface area is 194 Å². The van der Waals surface area contributed by atoms with Crippen molar-refractivity contribution >= 4 is 11.5 Å². The highest BCUT2D eigenvalue weighted by Gasteiger charge is 2.20. The Balaban J connectivity index is 1.77. The van der Waals surface area contributed by atoms with Crippen LogP contribution < -0.4 is 5.32 Å². The number of fused-ring (bicyclic) bond motifs is 1. The van der Waals surface area contributed by atoms with Crippen LogP contribution in [-0.2, 0) is 0 Å². The second-order valence-electron chi connectivity index (χ2n) is 8.31. The van der Waals surface area contributed by atoms with Crippen LogP contribution in [0.15, 0.2) is 97.1 Å². The predicted molar refractivity (Wildman–Crippen MR) is 136 cm³/mol. The third-order valence-electron chi connectivity index (χ3n) is 5.63. The maximum atomic E-state index is 5.12. The van der Waals surface area contributed by atoms with Gasteiger partial charge < -0.3 is 10.2 Å². The summed E-state index contributed by atoms with van der Waals surface area (Å²) in [6, 6.07) is 33.1. The van der Waals surface area contributed by atoms with Crippen LogP contribution in [0.25, 0.3) is 39.3 Å². The Morgan fingerprint density at radius 2 is 1.33 bits per heavy atom. The molecule has 0 spiro atoms. The minimum atomic E-state index is 0.807. The molecule has 2 heterocycles. The zero-order chi connectivity index (χ0) is 22.6. The van der Waals surface area contributed by atoms with Gasteiger partial charge in [-0.05, 0) is 19.7 Å². The lowest BCUT2D eigenvalue weighted by Gasteiger charge is -2.13. The number of hydrogen-bond donors (Lipinski definition) is 1. The Morgan fingerprint density at radius 3 is 1.94 bits per heavy atom. The normalized spacial score (nSPS) is 11.2. The van der Waals surface area contributed by atoms with Gasteiger partial charge >= 0.3 is 0 Å². The average Bonchev–Trinajstić information content (AvgIpc) is 3.25. The molecular formula is C28H27N5. The fourth-order valence-corrected chi connectivity index (χ4v) is 3.98. The van der Waals surface area contributed by atoms with E-state index in [4.69, 9.17) is 10.1 Å². The first-order chi connectivity index (χ1) is 16.2. The van der Waals surface area contributed by atoms with Crippen molar-refractivity contribution in [1.29, 1.82) is 0 Å². The number of aromatic nitrogens is 3. The Kier molecular flexibility index (Phi) is 5.87. The molecule has 0 unspecified atom stereocenters.